The van der Waals surface area contributed by atoms with E-state index in [2.05, 4.69) is 6.07 Å². The molecule has 2 aromatic carbocycles. The van der Waals surface area contributed by atoms with E-state index >= 15 is 0 Å². The molecular weight excluding hydrogens is 776 g/mol. The fraction of sp³-hybridized carbons (Fsp3) is 0.714. The smallest absolute Gasteiger partial charge is 0.123 e. The van der Waals surface area contributed by atoms with Gasteiger partial charge in [-0.25, -0.2) is 0 Å². The monoisotopic (exact) mass is 846 g/mol. The molecule has 2 aromatic rings. The van der Waals surface area contributed by atoms with Gasteiger partial charge in [0.05, 0.1) is 178 Å². The predicted octanol–water partition coefficient (Wildman–Crippen LogP) is 1.83. The summed E-state index contributed by atoms with van der Waals surface area (Å²) in [5.74, 6) is 1.50. The van der Waals surface area contributed by atoms with Crippen LogP contribution in [0.1, 0.15) is 5.56 Å². The second-order valence-electron chi connectivity index (χ2n) is 12.3. The molecule has 0 amide bonds. The fourth-order valence-corrected chi connectivity index (χ4v) is 5.04. The zero-order valence-electron chi connectivity index (χ0n) is 34.8. The van der Waals surface area contributed by atoms with Crippen LogP contribution in [-0.4, -0.2) is 207 Å². The average Bonchev–Trinajstić information content (AvgIpc) is 3.26. The molecule has 0 atom stereocenters. The van der Waals surface area contributed by atoms with Crippen molar-refractivity contribution >= 4 is 0 Å². The summed E-state index contributed by atoms with van der Waals surface area (Å²) in [6.07, 6.45) is 0.625. The summed E-state index contributed by atoms with van der Waals surface area (Å²) >= 11 is 0. The lowest BCUT2D eigenvalue weighted by atomic mass is 9.97. The van der Waals surface area contributed by atoms with Crippen LogP contribution >= 0.6 is 0 Å². The number of hydrogen-bond donors (Lipinski definition) is 3. The van der Waals surface area contributed by atoms with Gasteiger partial charge >= 0.3 is 0 Å². The van der Waals surface area contributed by atoms with Crippen molar-refractivity contribution in [3.8, 4) is 22.6 Å². The molecule has 0 aliphatic carbocycles. The summed E-state index contributed by atoms with van der Waals surface area (Å²) in [5.41, 5.74) is 3.08. The van der Waals surface area contributed by atoms with Gasteiger partial charge in [-0.2, -0.15) is 0 Å². The number of hydrogen-bond acceptors (Lipinski definition) is 17. The minimum atomic E-state index is 0.00103. The summed E-state index contributed by atoms with van der Waals surface area (Å²) in [4.78, 5) is 0. The van der Waals surface area contributed by atoms with Crippen molar-refractivity contribution in [2.45, 2.75) is 6.42 Å². The number of aliphatic hydroxyl groups excluding tert-OH is 3. The quantitative estimate of drug-likeness (QED) is 0.0818. The normalized spacial score (nSPS) is 11.4. The first kappa shape index (κ1) is 52.6. The number of benzene rings is 2. The first-order chi connectivity index (χ1) is 29.3. The Bertz CT molecular complexity index is 1180. The fourth-order valence-electron chi connectivity index (χ4n) is 5.04. The Morgan fingerprint density at radius 3 is 1.00 bits per heavy atom. The van der Waals surface area contributed by atoms with Gasteiger partial charge in [-0.15, -0.1) is 0 Å². The predicted molar refractivity (Wildman–Crippen MR) is 218 cm³/mol. The lowest BCUT2D eigenvalue weighted by Crippen LogP contribution is -2.14. The molecule has 0 aliphatic heterocycles. The summed E-state index contributed by atoms with van der Waals surface area (Å²) in [5, 5.41) is 26.1. The Balaban J connectivity index is 1.75. The van der Waals surface area contributed by atoms with E-state index in [1.54, 1.807) is 0 Å². The average molecular weight is 847 g/mol. The molecule has 0 spiro atoms. The molecule has 3 N–H and O–H groups in total. The molecule has 2 rings (SSSR count). The maximum absolute atomic E-state index is 8.73. The van der Waals surface area contributed by atoms with Crippen LogP contribution in [-0.2, 0) is 63.3 Å². The van der Waals surface area contributed by atoms with Gasteiger partial charge in [0, 0.05) is 12.0 Å². The van der Waals surface area contributed by atoms with Crippen LogP contribution in [0, 0.1) is 0 Å². The highest BCUT2D eigenvalue weighted by atomic mass is 16.6. The summed E-state index contributed by atoms with van der Waals surface area (Å²) < 4.78 is 77.8. The van der Waals surface area contributed by atoms with Crippen molar-refractivity contribution in [1.82, 2.24) is 0 Å². The Kier molecular flexibility index (Phi) is 36.4. The van der Waals surface area contributed by atoms with Gasteiger partial charge in [-0.1, -0.05) is 24.3 Å². The third-order valence-electron chi connectivity index (χ3n) is 7.83. The van der Waals surface area contributed by atoms with Crippen molar-refractivity contribution in [2.75, 3.05) is 192 Å². The summed E-state index contributed by atoms with van der Waals surface area (Å²) in [7, 11) is 0. The van der Waals surface area contributed by atoms with E-state index in [0.717, 1.165) is 28.2 Å². The Labute approximate surface area is 349 Å². The first-order valence-corrected chi connectivity index (χ1v) is 20.5. The van der Waals surface area contributed by atoms with Crippen molar-refractivity contribution in [2.24, 2.45) is 0 Å². The van der Waals surface area contributed by atoms with Crippen LogP contribution < -0.4 is 9.47 Å². The van der Waals surface area contributed by atoms with Crippen LogP contribution in [0.25, 0.3) is 11.1 Å². The van der Waals surface area contributed by atoms with Crippen molar-refractivity contribution in [1.29, 1.82) is 0 Å². The molecule has 17 heteroatoms. The number of aliphatic hydroxyl groups is 3. The lowest BCUT2D eigenvalue weighted by Gasteiger charge is -2.17. The summed E-state index contributed by atoms with van der Waals surface area (Å²) in [6.45, 7) is 11.2. The van der Waals surface area contributed by atoms with Gasteiger partial charge in [0.15, 0.2) is 0 Å². The molecule has 0 heterocycles. The zero-order chi connectivity index (χ0) is 41.9. The van der Waals surface area contributed by atoms with Gasteiger partial charge in [0.2, 0.25) is 0 Å². The van der Waals surface area contributed by atoms with Crippen LogP contribution in [0.3, 0.4) is 0 Å². The van der Waals surface area contributed by atoms with Crippen molar-refractivity contribution in [3.05, 3.63) is 48.0 Å². The van der Waals surface area contributed by atoms with Crippen molar-refractivity contribution in [3.63, 3.8) is 0 Å². The van der Waals surface area contributed by atoms with E-state index in [9.17, 15) is 0 Å². The van der Waals surface area contributed by atoms with Gasteiger partial charge in [0.25, 0.3) is 0 Å². The maximum Gasteiger partial charge on any atom is 0.123 e. The number of ether oxygens (including phenoxy) is 14. The zero-order valence-corrected chi connectivity index (χ0v) is 34.8. The van der Waals surface area contributed by atoms with E-state index in [4.69, 9.17) is 81.6 Å². The highest BCUT2D eigenvalue weighted by molar-refractivity contribution is 5.70. The van der Waals surface area contributed by atoms with E-state index in [1.165, 1.54) is 0 Å². The molecule has 0 fully saturated rings. The third-order valence-corrected chi connectivity index (χ3v) is 7.83. The van der Waals surface area contributed by atoms with Gasteiger partial charge in [-0.05, 0) is 29.3 Å². The Morgan fingerprint density at radius 1 is 0.305 bits per heavy atom. The third kappa shape index (κ3) is 30.2. The molecule has 0 aromatic heterocycles. The molecule has 0 aliphatic rings. The maximum atomic E-state index is 8.73. The highest BCUT2D eigenvalue weighted by Crippen LogP contribution is 2.32. The molecule has 0 saturated carbocycles. The van der Waals surface area contributed by atoms with Gasteiger partial charge in [-0.3, -0.25) is 0 Å². The number of rotatable bonds is 45. The largest absolute Gasteiger partial charge is 0.491 e. The molecule has 340 valence electrons. The molecule has 0 radical (unpaired) electrons. The highest BCUT2D eigenvalue weighted by Gasteiger charge is 2.13. The lowest BCUT2D eigenvalue weighted by molar-refractivity contribution is -0.00787. The molecule has 0 saturated heterocycles. The van der Waals surface area contributed by atoms with Crippen LogP contribution in [0.4, 0.5) is 0 Å². The van der Waals surface area contributed by atoms with E-state index < -0.39 is 0 Å². The molecule has 17 nitrogen and oxygen atoms in total. The SMILES string of the molecule is OCCOCCOCCOCCOCCOc1ccc(-c2cccc(OCCOCCOCCOCCOCCO)c2CCOCCOCCOCCOCCO)cc1. The van der Waals surface area contributed by atoms with Crippen LogP contribution in [0.5, 0.6) is 11.5 Å². The molecule has 0 bridgehead atoms. The van der Waals surface area contributed by atoms with E-state index in [1.807, 2.05) is 36.4 Å². The Hall–Kier alpha value is -2.56. The van der Waals surface area contributed by atoms with Crippen LogP contribution in [0.2, 0.25) is 0 Å². The summed E-state index contributed by atoms with van der Waals surface area (Å²) in [6, 6.07) is 14.0. The minimum absolute atomic E-state index is 0.00103. The molecular formula is C42H70O17. The van der Waals surface area contributed by atoms with Gasteiger partial charge < -0.3 is 81.6 Å². The second kappa shape index (κ2) is 40.8. The molecule has 0 unspecified atom stereocenters. The minimum Gasteiger partial charge on any atom is -0.491 e. The molecule has 59 heavy (non-hydrogen) atoms. The van der Waals surface area contributed by atoms with Crippen LogP contribution in [0.15, 0.2) is 42.5 Å². The topological polar surface area (TPSA) is 190 Å². The van der Waals surface area contributed by atoms with E-state index in [0.29, 0.717) is 178 Å². The first-order valence-electron chi connectivity index (χ1n) is 20.5. The second-order valence-corrected chi connectivity index (χ2v) is 12.3. The van der Waals surface area contributed by atoms with E-state index in [-0.39, 0.29) is 19.8 Å². The van der Waals surface area contributed by atoms with Crippen molar-refractivity contribution < 1.29 is 81.6 Å². The Morgan fingerprint density at radius 2 is 0.627 bits per heavy atom. The standard InChI is InChI=1S/C42H70O17/c43-9-13-47-17-21-51-25-24-50-20-16-46-12-8-41-40(2-1-3-42(41)59-37-35-57-33-31-55-29-27-53-23-19-49-15-11-45)38-4-6-39(7-5-38)58-36-34-56-32-30-54-28-26-52-22-18-48-14-10-44/h1-7,43-45H,8-37H2. The van der Waals surface area contributed by atoms with Gasteiger partial charge in [0.1, 0.15) is 24.7 Å².